The first-order valence-corrected chi connectivity index (χ1v) is 11.9. The maximum Gasteiger partial charge on any atom is 0.0525 e. The molecule has 2 N–H and O–H groups in total. The summed E-state index contributed by atoms with van der Waals surface area (Å²) >= 11 is 4.76. The summed E-state index contributed by atoms with van der Waals surface area (Å²) in [7, 11) is 2.11. The molecule has 3 aromatic rings. The highest BCUT2D eigenvalue weighted by atomic mass is 32.1. The molecule has 1 atom stereocenters. The van der Waals surface area contributed by atoms with Crippen LogP contribution in [0.2, 0.25) is 0 Å². The molecule has 0 spiro atoms. The van der Waals surface area contributed by atoms with Crippen LogP contribution in [0.1, 0.15) is 48.8 Å². The molecule has 0 aliphatic rings. The molecule has 0 fully saturated rings. The van der Waals surface area contributed by atoms with E-state index in [9.17, 15) is 0 Å². The molecule has 31 heavy (non-hydrogen) atoms. The van der Waals surface area contributed by atoms with Gasteiger partial charge in [0.1, 0.15) is 0 Å². The van der Waals surface area contributed by atoms with Crippen LogP contribution in [0.3, 0.4) is 0 Å². The van der Waals surface area contributed by atoms with Gasteiger partial charge in [0.25, 0.3) is 0 Å². The van der Waals surface area contributed by atoms with Gasteiger partial charge in [0.15, 0.2) is 0 Å². The average Bonchev–Trinajstić information content (AvgIpc) is 2.83. The molecule has 0 amide bonds. The lowest BCUT2D eigenvalue weighted by atomic mass is 9.66. The molecule has 0 bridgehead atoms. The van der Waals surface area contributed by atoms with Gasteiger partial charge in [-0.2, -0.15) is 12.6 Å². The van der Waals surface area contributed by atoms with Crippen molar-refractivity contribution < 1.29 is 0 Å². The minimum atomic E-state index is -0.138. The van der Waals surface area contributed by atoms with Crippen molar-refractivity contribution in [2.24, 2.45) is 5.73 Å². The monoisotopic (exact) mass is 432 g/mol. The van der Waals surface area contributed by atoms with E-state index in [-0.39, 0.29) is 10.8 Å². The van der Waals surface area contributed by atoms with Gasteiger partial charge in [0.05, 0.1) is 5.37 Å². The summed E-state index contributed by atoms with van der Waals surface area (Å²) in [4.78, 5) is 2.24. The van der Waals surface area contributed by atoms with E-state index in [0.717, 1.165) is 19.4 Å². The summed E-state index contributed by atoms with van der Waals surface area (Å²) in [6.45, 7) is 1.58. The van der Waals surface area contributed by atoms with Crippen molar-refractivity contribution >= 4 is 12.6 Å². The summed E-state index contributed by atoms with van der Waals surface area (Å²) in [5.74, 6) is 0. The number of hydrogen-bond donors (Lipinski definition) is 2. The highest BCUT2D eigenvalue weighted by molar-refractivity contribution is 7.80. The Morgan fingerprint density at radius 3 is 1.61 bits per heavy atom. The predicted octanol–water partition coefficient (Wildman–Crippen LogP) is 6.12. The highest BCUT2D eigenvalue weighted by Gasteiger charge is 2.35. The van der Waals surface area contributed by atoms with Crippen molar-refractivity contribution in [1.29, 1.82) is 0 Å². The Morgan fingerprint density at radius 1 is 0.742 bits per heavy atom. The maximum atomic E-state index is 5.68. The summed E-state index contributed by atoms with van der Waals surface area (Å²) in [6.07, 6.45) is 5.72. The van der Waals surface area contributed by atoms with Gasteiger partial charge in [0.2, 0.25) is 0 Å². The lowest BCUT2D eigenvalue weighted by Crippen LogP contribution is -2.32. The second kappa shape index (κ2) is 12.1. The summed E-state index contributed by atoms with van der Waals surface area (Å²) in [5.41, 5.74) is 9.63. The van der Waals surface area contributed by atoms with Gasteiger partial charge < -0.3 is 5.73 Å². The molecule has 0 radical (unpaired) electrons. The number of rotatable bonds is 12. The Hall–Kier alpha value is -2.07. The Morgan fingerprint density at radius 2 is 1.19 bits per heavy atom. The molecule has 0 aliphatic heterocycles. The number of hydrogen-bond acceptors (Lipinski definition) is 3. The van der Waals surface area contributed by atoms with E-state index >= 15 is 0 Å². The maximum absolute atomic E-state index is 5.68. The van der Waals surface area contributed by atoms with Crippen LogP contribution in [0.15, 0.2) is 91.0 Å². The Labute approximate surface area is 193 Å². The molecule has 3 rings (SSSR count). The fourth-order valence-corrected chi connectivity index (χ4v) is 4.87. The number of nitrogens with two attached hydrogens (primary N) is 1. The zero-order valence-electron chi connectivity index (χ0n) is 18.7. The molecule has 2 nitrogen and oxygen atoms in total. The van der Waals surface area contributed by atoms with Crippen molar-refractivity contribution in [3.05, 3.63) is 108 Å². The minimum absolute atomic E-state index is 0.138. The molecular formula is C28H36N2S. The number of nitrogens with zero attached hydrogens (tertiary/aromatic N) is 1. The third-order valence-electron chi connectivity index (χ3n) is 6.30. The van der Waals surface area contributed by atoms with E-state index in [1.807, 2.05) is 0 Å². The van der Waals surface area contributed by atoms with Crippen molar-refractivity contribution in [2.45, 2.75) is 42.9 Å². The van der Waals surface area contributed by atoms with Gasteiger partial charge >= 0.3 is 0 Å². The van der Waals surface area contributed by atoms with Crippen LogP contribution in [0.25, 0.3) is 0 Å². The van der Waals surface area contributed by atoms with Crippen LogP contribution in [0, 0.1) is 0 Å². The first kappa shape index (κ1) is 23.6. The van der Waals surface area contributed by atoms with Crippen molar-refractivity contribution in [3.63, 3.8) is 0 Å². The largest absolute Gasteiger partial charge is 0.329 e. The molecule has 0 heterocycles. The van der Waals surface area contributed by atoms with E-state index in [1.54, 1.807) is 0 Å². The molecule has 3 heteroatoms. The van der Waals surface area contributed by atoms with Crippen LogP contribution in [0.5, 0.6) is 0 Å². The topological polar surface area (TPSA) is 29.3 Å². The molecule has 1 unspecified atom stereocenters. The van der Waals surface area contributed by atoms with E-state index in [4.69, 9.17) is 18.4 Å². The smallest absolute Gasteiger partial charge is 0.0525 e. The lowest BCUT2D eigenvalue weighted by Gasteiger charge is -2.36. The standard InChI is InChI=1S/C28H36N2S/c1-30(23-22-29)27(31)20-12-5-13-21-28(24-14-6-2-7-15-24,25-16-8-3-9-17-25)26-18-10-4-11-19-26/h2-4,6-11,14-19,27,31H,5,12-13,20-23,29H2,1H3. The zero-order valence-corrected chi connectivity index (χ0v) is 19.6. The lowest BCUT2D eigenvalue weighted by molar-refractivity contribution is 0.306. The molecule has 0 aromatic heterocycles. The fourth-order valence-electron chi connectivity index (χ4n) is 4.57. The zero-order chi connectivity index (χ0) is 21.9. The van der Waals surface area contributed by atoms with Gasteiger partial charge in [-0.25, -0.2) is 0 Å². The third-order valence-corrected chi connectivity index (χ3v) is 6.96. The molecule has 0 saturated carbocycles. The van der Waals surface area contributed by atoms with Crippen molar-refractivity contribution in [2.75, 3.05) is 20.1 Å². The number of unbranched alkanes of at least 4 members (excludes halogenated alkanes) is 2. The summed E-state index contributed by atoms with van der Waals surface area (Å²) in [5, 5.41) is 0.283. The van der Waals surface area contributed by atoms with Crippen LogP contribution >= 0.6 is 12.6 Å². The predicted molar refractivity (Wildman–Crippen MR) is 137 cm³/mol. The average molecular weight is 433 g/mol. The number of thiol groups is 1. The van der Waals surface area contributed by atoms with Gasteiger partial charge in [-0.05, 0) is 36.6 Å². The number of benzene rings is 3. The van der Waals surface area contributed by atoms with Gasteiger partial charge in [-0.1, -0.05) is 110 Å². The van der Waals surface area contributed by atoms with Crippen LogP contribution in [-0.4, -0.2) is 30.4 Å². The molecule has 0 aliphatic carbocycles. The van der Waals surface area contributed by atoms with Crippen LogP contribution < -0.4 is 5.73 Å². The normalized spacial score (nSPS) is 12.8. The van der Waals surface area contributed by atoms with Crippen LogP contribution in [-0.2, 0) is 5.41 Å². The summed E-state index contributed by atoms with van der Waals surface area (Å²) in [6, 6.07) is 33.0. The van der Waals surface area contributed by atoms with Gasteiger partial charge in [-0.3, -0.25) is 4.90 Å². The summed E-state index contributed by atoms with van der Waals surface area (Å²) < 4.78 is 0. The fraction of sp³-hybridized carbons (Fsp3) is 0.357. The quantitative estimate of drug-likeness (QED) is 0.156. The molecular weight excluding hydrogens is 396 g/mol. The van der Waals surface area contributed by atoms with E-state index in [0.29, 0.717) is 6.54 Å². The molecule has 0 saturated heterocycles. The Balaban J connectivity index is 1.82. The van der Waals surface area contributed by atoms with E-state index in [1.165, 1.54) is 36.0 Å². The second-order valence-corrected chi connectivity index (χ2v) is 8.95. The Kier molecular flexibility index (Phi) is 9.20. The van der Waals surface area contributed by atoms with Crippen molar-refractivity contribution in [3.8, 4) is 0 Å². The SMILES string of the molecule is CN(CCN)C(S)CCCCCC(c1ccccc1)(c1ccccc1)c1ccccc1. The van der Waals surface area contributed by atoms with Crippen LogP contribution in [0.4, 0.5) is 0 Å². The first-order valence-electron chi connectivity index (χ1n) is 11.4. The Bertz CT molecular complexity index is 771. The van der Waals surface area contributed by atoms with Gasteiger partial charge in [0, 0.05) is 18.5 Å². The minimum Gasteiger partial charge on any atom is -0.329 e. The molecule has 3 aromatic carbocycles. The highest BCUT2D eigenvalue weighted by Crippen LogP contribution is 2.43. The van der Waals surface area contributed by atoms with E-state index in [2.05, 4.69) is 103 Å². The third kappa shape index (κ3) is 6.00. The molecule has 164 valence electrons. The van der Waals surface area contributed by atoms with E-state index < -0.39 is 0 Å². The van der Waals surface area contributed by atoms with Gasteiger partial charge in [-0.15, -0.1) is 0 Å². The second-order valence-electron chi connectivity index (χ2n) is 8.35. The number of likely N-dealkylation sites (N-methyl/N-ethyl adjacent to an activating group) is 1. The first-order chi connectivity index (χ1) is 15.2. The van der Waals surface area contributed by atoms with Crippen molar-refractivity contribution in [1.82, 2.24) is 4.90 Å².